The Labute approximate surface area is 173 Å². The summed E-state index contributed by atoms with van der Waals surface area (Å²) in [6.07, 6.45) is 0. The van der Waals surface area contributed by atoms with E-state index >= 15 is 0 Å². The average Bonchev–Trinajstić information content (AvgIpc) is 2.78. The summed E-state index contributed by atoms with van der Waals surface area (Å²) in [6.45, 7) is 0.693. The number of rotatable bonds is 7. The first-order chi connectivity index (χ1) is 14.5. The normalized spacial score (nSPS) is 10.3. The third-order valence-corrected chi connectivity index (χ3v) is 4.57. The highest BCUT2D eigenvalue weighted by molar-refractivity contribution is 6.00. The van der Waals surface area contributed by atoms with Crippen LogP contribution in [0.2, 0.25) is 0 Å². The van der Waals surface area contributed by atoms with Crippen LogP contribution in [0.15, 0.2) is 78.9 Å². The second kappa shape index (κ2) is 9.47. The fraction of sp³-hybridized carbons (Fsp3) is 0.130. The SMILES string of the molecule is COC(=O)c1cc(C(=O)N(Cc2ccccc2)Cc2ccccc2)ccc1[N+](=O)[O-]. The average molecular weight is 404 g/mol. The molecule has 0 atom stereocenters. The van der Waals surface area contributed by atoms with E-state index in [1.807, 2.05) is 60.7 Å². The molecule has 0 N–H and O–H groups in total. The minimum absolute atomic E-state index is 0.174. The largest absolute Gasteiger partial charge is 0.465 e. The summed E-state index contributed by atoms with van der Waals surface area (Å²) in [5, 5.41) is 11.2. The van der Waals surface area contributed by atoms with Gasteiger partial charge >= 0.3 is 5.97 Å². The molecule has 0 aromatic heterocycles. The number of nitro benzene ring substituents is 1. The lowest BCUT2D eigenvalue weighted by atomic mass is 10.1. The van der Waals surface area contributed by atoms with Crippen molar-refractivity contribution in [3.05, 3.63) is 111 Å². The molecule has 1 amide bonds. The van der Waals surface area contributed by atoms with Crippen LogP contribution in [0.1, 0.15) is 31.8 Å². The molecule has 0 unspecified atom stereocenters. The summed E-state index contributed by atoms with van der Waals surface area (Å²) in [4.78, 5) is 37.5. The van der Waals surface area contributed by atoms with Crippen LogP contribution in [0.3, 0.4) is 0 Å². The number of methoxy groups -OCH3 is 1. The lowest BCUT2D eigenvalue weighted by Gasteiger charge is -2.23. The first-order valence-corrected chi connectivity index (χ1v) is 9.23. The fourth-order valence-corrected chi connectivity index (χ4v) is 3.09. The number of amides is 1. The molecule has 0 heterocycles. The molecule has 0 spiro atoms. The van der Waals surface area contributed by atoms with Gasteiger partial charge in [0.25, 0.3) is 11.6 Å². The van der Waals surface area contributed by atoms with Gasteiger partial charge in [0.15, 0.2) is 0 Å². The summed E-state index contributed by atoms with van der Waals surface area (Å²) in [5.74, 6) is -1.21. The molecule has 0 aliphatic rings. The van der Waals surface area contributed by atoms with Gasteiger partial charge in [-0.25, -0.2) is 4.79 Å². The van der Waals surface area contributed by atoms with E-state index in [2.05, 4.69) is 4.74 Å². The maximum atomic E-state index is 13.3. The number of esters is 1. The zero-order chi connectivity index (χ0) is 21.5. The quantitative estimate of drug-likeness (QED) is 0.334. The van der Waals surface area contributed by atoms with Crippen LogP contribution in [-0.4, -0.2) is 28.8 Å². The molecular formula is C23H20N2O5. The van der Waals surface area contributed by atoms with Gasteiger partial charge in [0.1, 0.15) is 5.56 Å². The van der Waals surface area contributed by atoms with Crippen LogP contribution >= 0.6 is 0 Å². The van der Waals surface area contributed by atoms with Crippen molar-refractivity contribution < 1.29 is 19.2 Å². The molecule has 0 bridgehead atoms. The molecule has 30 heavy (non-hydrogen) atoms. The van der Waals surface area contributed by atoms with Gasteiger partial charge < -0.3 is 9.64 Å². The summed E-state index contributed by atoms with van der Waals surface area (Å²) < 4.78 is 4.65. The number of carbonyl (C=O) groups excluding carboxylic acids is 2. The van der Waals surface area contributed by atoms with Crippen molar-refractivity contribution in [3.8, 4) is 0 Å². The number of nitrogens with zero attached hydrogens (tertiary/aromatic N) is 2. The third-order valence-electron chi connectivity index (χ3n) is 4.57. The van der Waals surface area contributed by atoms with Crippen molar-refractivity contribution >= 4 is 17.6 Å². The highest BCUT2D eigenvalue weighted by Crippen LogP contribution is 2.23. The zero-order valence-corrected chi connectivity index (χ0v) is 16.4. The van der Waals surface area contributed by atoms with Crippen LogP contribution in [0.25, 0.3) is 0 Å². The van der Waals surface area contributed by atoms with E-state index < -0.39 is 16.6 Å². The van der Waals surface area contributed by atoms with Gasteiger partial charge in [0, 0.05) is 24.7 Å². The Bertz CT molecular complexity index is 1010. The molecule has 0 radical (unpaired) electrons. The minimum atomic E-state index is -0.867. The standard InChI is InChI=1S/C23H20N2O5/c1-30-23(27)20-14-19(12-13-21(20)25(28)29)22(26)24(15-17-8-4-2-5-9-17)16-18-10-6-3-7-11-18/h2-14H,15-16H2,1H3. The highest BCUT2D eigenvalue weighted by atomic mass is 16.6. The molecule has 0 aliphatic carbocycles. The molecule has 0 fully saturated rings. The third kappa shape index (κ3) is 4.88. The minimum Gasteiger partial charge on any atom is -0.465 e. The first-order valence-electron chi connectivity index (χ1n) is 9.23. The van der Waals surface area contributed by atoms with Crippen molar-refractivity contribution in [2.24, 2.45) is 0 Å². The Morgan fingerprint density at radius 2 is 1.43 bits per heavy atom. The van der Waals surface area contributed by atoms with Crippen LogP contribution in [0.4, 0.5) is 5.69 Å². The molecule has 0 saturated carbocycles. The van der Waals surface area contributed by atoms with Crippen LogP contribution in [0, 0.1) is 10.1 Å². The summed E-state index contributed by atoms with van der Waals surface area (Å²) in [5.41, 5.74) is 1.39. The van der Waals surface area contributed by atoms with Crippen molar-refractivity contribution in [3.63, 3.8) is 0 Å². The second-order valence-electron chi connectivity index (χ2n) is 6.61. The van der Waals surface area contributed by atoms with Crippen molar-refractivity contribution in [1.29, 1.82) is 0 Å². The number of nitro groups is 1. The molecular weight excluding hydrogens is 384 g/mol. The van der Waals surface area contributed by atoms with Gasteiger partial charge in [-0.15, -0.1) is 0 Å². The zero-order valence-electron chi connectivity index (χ0n) is 16.4. The summed E-state index contributed by atoms with van der Waals surface area (Å²) in [7, 11) is 1.14. The van der Waals surface area contributed by atoms with Crippen molar-refractivity contribution in [2.75, 3.05) is 7.11 Å². The molecule has 0 saturated heterocycles. The monoisotopic (exact) mass is 404 g/mol. The number of hydrogen-bond acceptors (Lipinski definition) is 5. The van der Waals surface area contributed by atoms with E-state index in [-0.39, 0.29) is 17.0 Å². The number of hydrogen-bond donors (Lipinski definition) is 0. The smallest absolute Gasteiger partial charge is 0.344 e. The Hall–Kier alpha value is -4.00. The summed E-state index contributed by atoms with van der Waals surface area (Å²) in [6, 6.07) is 22.8. The molecule has 7 heteroatoms. The topological polar surface area (TPSA) is 89.8 Å². The predicted molar refractivity (Wildman–Crippen MR) is 111 cm³/mol. The Morgan fingerprint density at radius 1 is 0.900 bits per heavy atom. The van der Waals surface area contributed by atoms with Crippen molar-refractivity contribution in [2.45, 2.75) is 13.1 Å². The molecule has 7 nitrogen and oxygen atoms in total. The van der Waals surface area contributed by atoms with E-state index in [9.17, 15) is 19.7 Å². The lowest BCUT2D eigenvalue weighted by molar-refractivity contribution is -0.385. The van der Waals surface area contributed by atoms with E-state index in [4.69, 9.17) is 0 Å². The molecule has 3 rings (SSSR count). The van der Waals surface area contributed by atoms with E-state index in [1.165, 1.54) is 12.1 Å². The van der Waals surface area contributed by atoms with Crippen molar-refractivity contribution in [1.82, 2.24) is 4.90 Å². The number of benzene rings is 3. The van der Waals surface area contributed by atoms with Crippen LogP contribution in [-0.2, 0) is 17.8 Å². The van der Waals surface area contributed by atoms with E-state index in [0.29, 0.717) is 13.1 Å². The van der Waals surface area contributed by atoms with Crippen LogP contribution in [0.5, 0.6) is 0 Å². The number of carbonyl (C=O) groups is 2. The maximum absolute atomic E-state index is 13.3. The fourth-order valence-electron chi connectivity index (χ4n) is 3.09. The van der Waals surface area contributed by atoms with Gasteiger partial charge in [-0.2, -0.15) is 0 Å². The molecule has 3 aromatic carbocycles. The highest BCUT2D eigenvalue weighted by Gasteiger charge is 2.25. The predicted octanol–water partition coefficient (Wildman–Crippen LogP) is 4.22. The summed E-state index contributed by atoms with van der Waals surface area (Å²) >= 11 is 0. The Kier molecular flexibility index (Phi) is 6.54. The maximum Gasteiger partial charge on any atom is 0.344 e. The molecule has 0 aliphatic heterocycles. The van der Waals surface area contributed by atoms with Gasteiger partial charge in [-0.3, -0.25) is 14.9 Å². The molecule has 3 aromatic rings. The van der Waals surface area contributed by atoms with Gasteiger partial charge in [0.2, 0.25) is 0 Å². The van der Waals surface area contributed by atoms with Gasteiger partial charge in [-0.1, -0.05) is 60.7 Å². The molecule has 152 valence electrons. The first kappa shape index (κ1) is 20.7. The van der Waals surface area contributed by atoms with Gasteiger partial charge in [-0.05, 0) is 23.3 Å². The number of ether oxygens (including phenoxy) is 1. The van der Waals surface area contributed by atoms with Crippen LogP contribution < -0.4 is 0 Å². The Balaban J connectivity index is 1.97. The Morgan fingerprint density at radius 3 is 1.90 bits per heavy atom. The van der Waals surface area contributed by atoms with Gasteiger partial charge in [0.05, 0.1) is 12.0 Å². The second-order valence-corrected chi connectivity index (χ2v) is 6.61. The van der Waals surface area contributed by atoms with E-state index in [1.54, 1.807) is 4.90 Å². The lowest BCUT2D eigenvalue weighted by Crippen LogP contribution is -2.30. The van der Waals surface area contributed by atoms with E-state index in [0.717, 1.165) is 24.3 Å².